The average Bonchev–Trinajstić information content (AvgIpc) is 2.20. The Bertz CT molecular complexity index is 287. The molecular formula is C12H19NO2. The van der Waals surface area contributed by atoms with Crippen LogP contribution in [0.1, 0.15) is 20.3 Å². The van der Waals surface area contributed by atoms with Gasteiger partial charge in [-0.2, -0.15) is 0 Å². The quantitative estimate of drug-likeness (QED) is 0.781. The van der Waals surface area contributed by atoms with E-state index < -0.39 is 0 Å². The van der Waals surface area contributed by atoms with Crippen molar-refractivity contribution in [2.75, 3.05) is 13.2 Å². The van der Waals surface area contributed by atoms with Crippen LogP contribution >= 0.6 is 0 Å². The van der Waals surface area contributed by atoms with E-state index in [-0.39, 0.29) is 6.04 Å². The van der Waals surface area contributed by atoms with Gasteiger partial charge in [0.1, 0.15) is 0 Å². The predicted octanol–water partition coefficient (Wildman–Crippen LogP) is 2.20. The molecule has 1 atom stereocenters. The highest BCUT2D eigenvalue weighted by Gasteiger charge is 2.03. The van der Waals surface area contributed by atoms with E-state index in [1.165, 1.54) is 0 Å². The summed E-state index contributed by atoms with van der Waals surface area (Å²) in [5, 5.41) is 0. The minimum atomic E-state index is 0.171. The van der Waals surface area contributed by atoms with E-state index in [4.69, 9.17) is 15.2 Å². The molecule has 2 N–H and O–H groups in total. The molecule has 1 aromatic rings. The van der Waals surface area contributed by atoms with Crippen LogP contribution in [0.5, 0.6) is 11.5 Å². The molecule has 0 fully saturated rings. The highest BCUT2D eigenvalue weighted by Crippen LogP contribution is 2.26. The third-order valence-corrected chi connectivity index (χ3v) is 1.98. The topological polar surface area (TPSA) is 44.5 Å². The maximum absolute atomic E-state index is 5.64. The summed E-state index contributed by atoms with van der Waals surface area (Å²) in [5.41, 5.74) is 5.64. The Morgan fingerprint density at radius 2 is 1.80 bits per heavy atom. The second-order valence-electron chi connectivity index (χ2n) is 3.49. The molecule has 0 bridgehead atoms. The highest BCUT2D eigenvalue weighted by molar-refractivity contribution is 5.39. The fourth-order valence-electron chi connectivity index (χ4n) is 1.20. The Morgan fingerprint density at radius 3 is 2.33 bits per heavy atom. The summed E-state index contributed by atoms with van der Waals surface area (Å²) in [6, 6.07) is 7.86. The Hall–Kier alpha value is -1.22. The van der Waals surface area contributed by atoms with Crippen molar-refractivity contribution in [3.05, 3.63) is 24.3 Å². The molecule has 0 aliphatic heterocycles. The zero-order chi connectivity index (χ0) is 11.1. The molecule has 1 unspecified atom stereocenters. The van der Waals surface area contributed by atoms with Crippen molar-refractivity contribution in [2.24, 2.45) is 5.73 Å². The van der Waals surface area contributed by atoms with Crippen LogP contribution in [0.4, 0.5) is 0 Å². The summed E-state index contributed by atoms with van der Waals surface area (Å²) in [7, 11) is 0. The van der Waals surface area contributed by atoms with Crippen molar-refractivity contribution in [1.82, 2.24) is 0 Å². The molecular weight excluding hydrogens is 190 g/mol. The summed E-state index contributed by atoms with van der Waals surface area (Å²) in [6.07, 6.45) is 0.848. The number of hydrogen-bond acceptors (Lipinski definition) is 3. The molecule has 0 saturated heterocycles. The van der Waals surface area contributed by atoms with Gasteiger partial charge in [0, 0.05) is 6.04 Å². The van der Waals surface area contributed by atoms with Gasteiger partial charge in [0.2, 0.25) is 0 Å². The molecule has 0 spiro atoms. The maximum Gasteiger partial charge on any atom is 0.161 e. The number of para-hydroxylation sites is 2. The van der Waals surface area contributed by atoms with Crippen molar-refractivity contribution in [2.45, 2.75) is 26.3 Å². The first-order valence-corrected chi connectivity index (χ1v) is 5.34. The molecule has 0 aliphatic carbocycles. The lowest BCUT2D eigenvalue weighted by molar-refractivity contribution is 0.268. The van der Waals surface area contributed by atoms with Gasteiger partial charge in [0.25, 0.3) is 0 Å². The molecule has 0 saturated carbocycles. The Balaban J connectivity index is 2.51. The van der Waals surface area contributed by atoms with Gasteiger partial charge in [-0.05, 0) is 32.4 Å². The molecule has 84 valence electrons. The monoisotopic (exact) mass is 209 g/mol. The molecule has 1 aromatic carbocycles. The van der Waals surface area contributed by atoms with Crippen LogP contribution in [0.2, 0.25) is 0 Å². The number of nitrogens with two attached hydrogens (primary N) is 1. The van der Waals surface area contributed by atoms with Crippen molar-refractivity contribution >= 4 is 0 Å². The van der Waals surface area contributed by atoms with Gasteiger partial charge in [-0.3, -0.25) is 0 Å². The molecule has 0 amide bonds. The van der Waals surface area contributed by atoms with Crippen LogP contribution < -0.4 is 15.2 Å². The van der Waals surface area contributed by atoms with Crippen LogP contribution in [-0.4, -0.2) is 19.3 Å². The van der Waals surface area contributed by atoms with Crippen molar-refractivity contribution in [3.63, 3.8) is 0 Å². The highest BCUT2D eigenvalue weighted by atomic mass is 16.5. The van der Waals surface area contributed by atoms with Crippen molar-refractivity contribution in [1.29, 1.82) is 0 Å². The molecule has 0 aliphatic rings. The largest absolute Gasteiger partial charge is 0.490 e. The standard InChI is InChI=1S/C12H19NO2/c1-3-14-11-6-4-5-7-12(11)15-9-8-10(2)13/h4-7,10H,3,8-9,13H2,1-2H3. The van der Waals surface area contributed by atoms with E-state index in [0.29, 0.717) is 13.2 Å². The Kier molecular flexibility index (Phi) is 4.98. The second kappa shape index (κ2) is 6.30. The van der Waals surface area contributed by atoms with Crippen molar-refractivity contribution in [3.8, 4) is 11.5 Å². The Morgan fingerprint density at radius 1 is 1.20 bits per heavy atom. The van der Waals surface area contributed by atoms with Gasteiger partial charge in [0.05, 0.1) is 13.2 Å². The number of ether oxygens (including phenoxy) is 2. The van der Waals surface area contributed by atoms with Crippen LogP contribution in [0.3, 0.4) is 0 Å². The minimum Gasteiger partial charge on any atom is -0.490 e. The van der Waals surface area contributed by atoms with Gasteiger partial charge in [-0.1, -0.05) is 12.1 Å². The van der Waals surface area contributed by atoms with Crippen molar-refractivity contribution < 1.29 is 9.47 Å². The van der Waals surface area contributed by atoms with E-state index in [2.05, 4.69) is 0 Å². The summed E-state index contributed by atoms with van der Waals surface area (Å²) in [6.45, 7) is 5.20. The number of benzene rings is 1. The van der Waals surface area contributed by atoms with Gasteiger partial charge in [-0.25, -0.2) is 0 Å². The lowest BCUT2D eigenvalue weighted by Gasteiger charge is -2.12. The molecule has 0 aromatic heterocycles. The third-order valence-electron chi connectivity index (χ3n) is 1.98. The zero-order valence-corrected chi connectivity index (χ0v) is 9.40. The van der Waals surface area contributed by atoms with E-state index in [1.807, 2.05) is 38.1 Å². The fraction of sp³-hybridized carbons (Fsp3) is 0.500. The van der Waals surface area contributed by atoms with E-state index in [1.54, 1.807) is 0 Å². The zero-order valence-electron chi connectivity index (χ0n) is 9.40. The number of hydrogen-bond donors (Lipinski definition) is 1. The lowest BCUT2D eigenvalue weighted by Crippen LogP contribution is -2.18. The fourth-order valence-corrected chi connectivity index (χ4v) is 1.20. The van der Waals surface area contributed by atoms with Crippen LogP contribution in [0.25, 0.3) is 0 Å². The summed E-state index contributed by atoms with van der Waals surface area (Å²) >= 11 is 0. The molecule has 3 heteroatoms. The molecule has 15 heavy (non-hydrogen) atoms. The van der Waals surface area contributed by atoms with Gasteiger partial charge in [-0.15, -0.1) is 0 Å². The van der Waals surface area contributed by atoms with Gasteiger partial charge >= 0.3 is 0 Å². The third kappa shape index (κ3) is 4.21. The first kappa shape index (κ1) is 11.9. The van der Waals surface area contributed by atoms with Crippen LogP contribution in [-0.2, 0) is 0 Å². The first-order chi connectivity index (χ1) is 7.24. The van der Waals surface area contributed by atoms with Gasteiger partial charge < -0.3 is 15.2 Å². The number of rotatable bonds is 6. The lowest BCUT2D eigenvalue weighted by atomic mass is 10.3. The minimum absolute atomic E-state index is 0.171. The summed E-state index contributed by atoms with van der Waals surface area (Å²) in [4.78, 5) is 0. The smallest absolute Gasteiger partial charge is 0.161 e. The first-order valence-electron chi connectivity index (χ1n) is 5.34. The SMILES string of the molecule is CCOc1ccccc1OCCC(C)N. The normalized spacial score (nSPS) is 12.2. The maximum atomic E-state index is 5.64. The molecule has 3 nitrogen and oxygen atoms in total. The summed E-state index contributed by atoms with van der Waals surface area (Å²) < 4.78 is 11.0. The Labute approximate surface area is 91.2 Å². The summed E-state index contributed by atoms with van der Waals surface area (Å²) in [5.74, 6) is 1.59. The van der Waals surface area contributed by atoms with Crippen LogP contribution in [0.15, 0.2) is 24.3 Å². The second-order valence-corrected chi connectivity index (χ2v) is 3.49. The average molecular weight is 209 g/mol. The molecule has 1 rings (SSSR count). The van der Waals surface area contributed by atoms with Crippen LogP contribution in [0, 0.1) is 0 Å². The van der Waals surface area contributed by atoms with E-state index in [9.17, 15) is 0 Å². The van der Waals surface area contributed by atoms with E-state index >= 15 is 0 Å². The van der Waals surface area contributed by atoms with Gasteiger partial charge in [0.15, 0.2) is 11.5 Å². The molecule has 0 heterocycles. The van der Waals surface area contributed by atoms with E-state index in [0.717, 1.165) is 17.9 Å². The molecule has 0 radical (unpaired) electrons. The predicted molar refractivity (Wildman–Crippen MR) is 61.4 cm³/mol.